The third-order valence-electron chi connectivity index (χ3n) is 3.99. The fourth-order valence-corrected chi connectivity index (χ4v) is 3.42. The molecule has 1 N–H and O–H groups in total. The van der Waals surface area contributed by atoms with Crippen molar-refractivity contribution in [3.63, 3.8) is 0 Å². The highest BCUT2D eigenvalue weighted by Gasteiger charge is 2.15. The van der Waals surface area contributed by atoms with Gasteiger partial charge >= 0.3 is 0 Å². The number of hydrogen-bond donors (Lipinski definition) is 1. The average Bonchev–Trinajstić information content (AvgIpc) is 3.14. The first-order valence-corrected chi connectivity index (χ1v) is 8.78. The number of aromatic nitrogens is 3. The van der Waals surface area contributed by atoms with E-state index < -0.39 is 0 Å². The van der Waals surface area contributed by atoms with Gasteiger partial charge in [-0.05, 0) is 18.2 Å². The van der Waals surface area contributed by atoms with Crippen LogP contribution in [0.4, 0.5) is 5.13 Å². The van der Waals surface area contributed by atoms with Crippen LogP contribution in [0.25, 0.3) is 22.2 Å². The van der Waals surface area contributed by atoms with E-state index in [9.17, 15) is 9.59 Å². The Morgan fingerprint density at radius 1 is 1.08 bits per heavy atom. The van der Waals surface area contributed by atoms with E-state index in [-0.39, 0.29) is 11.5 Å². The Labute approximate surface area is 152 Å². The van der Waals surface area contributed by atoms with Crippen molar-refractivity contribution in [2.75, 3.05) is 5.32 Å². The highest BCUT2D eigenvalue weighted by atomic mass is 32.1. The average molecular weight is 362 g/mol. The molecule has 0 unspecified atom stereocenters. The number of rotatable bonds is 3. The molecule has 4 rings (SSSR count). The predicted molar refractivity (Wildman–Crippen MR) is 102 cm³/mol. The maximum Gasteiger partial charge on any atom is 0.259 e. The van der Waals surface area contributed by atoms with Gasteiger partial charge in [-0.2, -0.15) is 0 Å². The number of carbonyl (C=O) groups is 1. The van der Waals surface area contributed by atoms with Gasteiger partial charge in [-0.3, -0.25) is 19.9 Å². The minimum Gasteiger partial charge on any atom is -0.317 e. The minimum absolute atomic E-state index is 0.135. The van der Waals surface area contributed by atoms with Crippen LogP contribution in [0.1, 0.15) is 10.4 Å². The number of pyridine rings is 2. The van der Waals surface area contributed by atoms with Gasteiger partial charge in [0.15, 0.2) is 5.13 Å². The van der Waals surface area contributed by atoms with Crippen LogP contribution in [-0.4, -0.2) is 20.4 Å². The highest BCUT2D eigenvalue weighted by Crippen LogP contribution is 2.24. The van der Waals surface area contributed by atoms with Crippen LogP contribution in [0, 0.1) is 0 Å². The second-order valence-electron chi connectivity index (χ2n) is 5.71. The summed E-state index contributed by atoms with van der Waals surface area (Å²) in [6, 6.07) is 12.7. The summed E-state index contributed by atoms with van der Waals surface area (Å²) < 4.78 is 1.42. The molecule has 1 amide bonds. The Balaban J connectivity index is 1.68. The standard InChI is InChI=1S/C19H14N4O2S/c1-23-10-14(12-6-2-3-7-13(12)18(23)25)17(24)22-19-21-16(11-26-19)15-8-4-5-9-20-15/h2-11H,1H3,(H,21,22,24). The fraction of sp³-hybridized carbons (Fsp3) is 0.0526. The summed E-state index contributed by atoms with van der Waals surface area (Å²) in [5.74, 6) is -0.307. The summed E-state index contributed by atoms with van der Waals surface area (Å²) in [5.41, 5.74) is 1.74. The van der Waals surface area contributed by atoms with E-state index in [1.165, 1.54) is 15.9 Å². The zero-order valence-electron chi connectivity index (χ0n) is 13.8. The van der Waals surface area contributed by atoms with Crippen molar-refractivity contribution in [2.45, 2.75) is 0 Å². The third kappa shape index (κ3) is 2.89. The number of thiazole rings is 1. The fourth-order valence-electron chi connectivity index (χ4n) is 2.72. The van der Waals surface area contributed by atoms with Crippen LogP contribution in [-0.2, 0) is 7.05 Å². The Morgan fingerprint density at radius 2 is 1.85 bits per heavy atom. The van der Waals surface area contributed by atoms with Crippen molar-refractivity contribution in [2.24, 2.45) is 7.05 Å². The number of amides is 1. The lowest BCUT2D eigenvalue weighted by Crippen LogP contribution is -2.21. The molecule has 0 radical (unpaired) electrons. The summed E-state index contributed by atoms with van der Waals surface area (Å²) in [6.45, 7) is 0. The molecule has 7 heteroatoms. The van der Waals surface area contributed by atoms with Gasteiger partial charge in [0.25, 0.3) is 11.5 Å². The normalized spacial score (nSPS) is 10.8. The molecule has 0 fully saturated rings. The van der Waals surface area contributed by atoms with Crippen molar-refractivity contribution in [3.05, 3.63) is 76.2 Å². The van der Waals surface area contributed by atoms with Crippen molar-refractivity contribution in [3.8, 4) is 11.4 Å². The molecule has 26 heavy (non-hydrogen) atoms. The molecule has 1 aromatic carbocycles. The van der Waals surface area contributed by atoms with E-state index in [0.717, 1.165) is 5.69 Å². The number of aryl methyl sites for hydroxylation is 1. The molecule has 128 valence electrons. The Kier molecular flexibility index (Phi) is 4.06. The molecular formula is C19H14N4O2S. The topological polar surface area (TPSA) is 76.9 Å². The van der Waals surface area contributed by atoms with Crippen LogP contribution in [0.3, 0.4) is 0 Å². The number of carbonyl (C=O) groups excluding carboxylic acids is 1. The number of nitrogens with one attached hydrogen (secondary N) is 1. The lowest BCUT2D eigenvalue weighted by Gasteiger charge is -2.08. The summed E-state index contributed by atoms with van der Waals surface area (Å²) in [4.78, 5) is 33.7. The summed E-state index contributed by atoms with van der Waals surface area (Å²) >= 11 is 1.33. The number of nitrogens with zero attached hydrogens (tertiary/aromatic N) is 3. The van der Waals surface area contributed by atoms with Crippen LogP contribution >= 0.6 is 11.3 Å². The summed E-state index contributed by atoms with van der Waals surface area (Å²) in [6.07, 6.45) is 3.25. The molecule has 4 aromatic rings. The van der Waals surface area contributed by atoms with Gasteiger partial charge < -0.3 is 4.57 Å². The van der Waals surface area contributed by atoms with Crippen LogP contribution < -0.4 is 10.9 Å². The Morgan fingerprint density at radius 3 is 2.62 bits per heavy atom. The van der Waals surface area contributed by atoms with Gasteiger partial charge in [-0.15, -0.1) is 11.3 Å². The van der Waals surface area contributed by atoms with Gasteiger partial charge in [0.1, 0.15) is 5.69 Å². The van der Waals surface area contributed by atoms with E-state index >= 15 is 0 Å². The van der Waals surface area contributed by atoms with Crippen molar-refractivity contribution < 1.29 is 4.79 Å². The molecule has 0 aliphatic carbocycles. The third-order valence-corrected chi connectivity index (χ3v) is 4.75. The Bertz CT molecular complexity index is 1170. The lowest BCUT2D eigenvalue weighted by molar-refractivity contribution is 0.102. The van der Waals surface area contributed by atoms with Gasteiger partial charge in [0.2, 0.25) is 0 Å². The molecule has 0 aliphatic heterocycles. The minimum atomic E-state index is -0.307. The van der Waals surface area contributed by atoms with E-state index in [2.05, 4.69) is 15.3 Å². The number of anilines is 1. The highest BCUT2D eigenvalue weighted by molar-refractivity contribution is 7.14. The molecule has 0 saturated carbocycles. The SMILES string of the molecule is Cn1cc(C(=O)Nc2nc(-c3ccccn3)cs2)c2ccccc2c1=O. The summed E-state index contributed by atoms with van der Waals surface area (Å²) in [7, 11) is 1.63. The second-order valence-corrected chi connectivity index (χ2v) is 6.57. The second kappa shape index (κ2) is 6.53. The van der Waals surface area contributed by atoms with Crippen molar-refractivity contribution in [1.29, 1.82) is 0 Å². The molecule has 0 saturated heterocycles. The predicted octanol–water partition coefficient (Wildman–Crippen LogP) is 3.31. The first-order chi connectivity index (χ1) is 12.6. The Hall–Kier alpha value is -3.32. The number of hydrogen-bond acceptors (Lipinski definition) is 5. The van der Waals surface area contributed by atoms with E-state index in [4.69, 9.17) is 0 Å². The van der Waals surface area contributed by atoms with Crippen molar-refractivity contribution in [1.82, 2.24) is 14.5 Å². The molecule has 3 heterocycles. The van der Waals surface area contributed by atoms with Gasteiger partial charge in [0.05, 0.1) is 11.3 Å². The number of benzene rings is 1. The monoisotopic (exact) mass is 362 g/mol. The number of fused-ring (bicyclic) bond motifs is 1. The van der Waals surface area contributed by atoms with Gasteiger partial charge in [-0.1, -0.05) is 24.3 Å². The maximum atomic E-state index is 12.8. The first kappa shape index (κ1) is 16.2. The molecule has 0 bridgehead atoms. The van der Waals surface area contributed by atoms with Gasteiger partial charge in [0, 0.05) is 35.6 Å². The zero-order chi connectivity index (χ0) is 18.1. The quantitative estimate of drug-likeness (QED) is 0.607. The maximum absolute atomic E-state index is 12.8. The largest absolute Gasteiger partial charge is 0.317 e. The van der Waals surface area contributed by atoms with Crippen molar-refractivity contribution >= 4 is 33.1 Å². The molecule has 3 aromatic heterocycles. The molecule has 0 atom stereocenters. The van der Waals surface area contributed by atoms with Crippen LogP contribution in [0.5, 0.6) is 0 Å². The smallest absolute Gasteiger partial charge is 0.259 e. The molecule has 6 nitrogen and oxygen atoms in total. The zero-order valence-corrected chi connectivity index (χ0v) is 14.7. The lowest BCUT2D eigenvalue weighted by atomic mass is 10.1. The van der Waals surface area contributed by atoms with Crippen LogP contribution in [0.2, 0.25) is 0 Å². The molecule has 0 spiro atoms. The first-order valence-electron chi connectivity index (χ1n) is 7.90. The van der Waals surface area contributed by atoms with E-state index in [0.29, 0.717) is 27.2 Å². The summed E-state index contributed by atoms with van der Waals surface area (Å²) in [5, 5.41) is 6.27. The van der Waals surface area contributed by atoms with Gasteiger partial charge in [-0.25, -0.2) is 4.98 Å². The molecule has 0 aliphatic rings. The van der Waals surface area contributed by atoms with E-state index in [1.807, 2.05) is 23.6 Å². The molecular weight excluding hydrogens is 348 g/mol. The van der Waals surface area contributed by atoms with E-state index in [1.54, 1.807) is 43.7 Å². The van der Waals surface area contributed by atoms with Crippen LogP contribution in [0.15, 0.2) is 65.0 Å².